The normalized spacial score (nSPS) is 11.2. The number of nitro benzene ring substituents is 1. The number of carbonyl (C=O) groups excluding carboxylic acids is 1. The number of rotatable bonds is 7. The summed E-state index contributed by atoms with van der Waals surface area (Å²) in [7, 11) is -3.21. The number of ether oxygens (including phenoxy) is 1. The maximum Gasteiger partial charge on any atom is 0.373 e. The highest BCUT2D eigenvalue weighted by molar-refractivity contribution is 7.93. The van der Waals surface area contributed by atoms with Crippen LogP contribution in [0, 0.1) is 10.1 Å². The molecule has 0 N–H and O–H groups in total. The highest BCUT2D eigenvalue weighted by atomic mass is 35.5. The second-order valence-corrected chi connectivity index (χ2v) is 8.79. The number of non-ortho nitro benzene ring substituents is 1. The van der Waals surface area contributed by atoms with Gasteiger partial charge in [0.2, 0.25) is 5.76 Å². The number of nitro groups is 1. The van der Waals surface area contributed by atoms with Crippen LogP contribution in [0.25, 0.3) is 0 Å². The molecule has 9 nitrogen and oxygen atoms in total. The molecule has 12 heteroatoms. The molecule has 0 bridgehead atoms. The summed E-state index contributed by atoms with van der Waals surface area (Å²) in [5.41, 5.74) is -0.243. The molecule has 0 spiro atoms. The summed E-state index contributed by atoms with van der Waals surface area (Å²) >= 11 is 12.0. The molecule has 0 aliphatic rings. The first-order valence-electron chi connectivity index (χ1n) is 8.52. The average Bonchev–Trinajstić information content (AvgIpc) is 3.21. The Labute approximate surface area is 186 Å². The predicted octanol–water partition coefficient (Wildman–Crippen LogP) is 4.68. The van der Waals surface area contributed by atoms with E-state index in [2.05, 4.69) is 4.74 Å². The van der Waals surface area contributed by atoms with E-state index >= 15 is 0 Å². The van der Waals surface area contributed by atoms with Crippen molar-refractivity contribution in [3.05, 3.63) is 86.3 Å². The van der Waals surface area contributed by atoms with E-state index in [4.69, 9.17) is 27.6 Å². The summed E-state index contributed by atoms with van der Waals surface area (Å²) in [6, 6.07) is 11.7. The quantitative estimate of drug-likeness (QED) is 0.271. The van der Waals surface area contributed by atoms with Crippen molar-refractivity contribution in [2.75, 3.05) is 11.4 Å². The number of anilines is 1. The van der Waals surface area contributed by atoms with Crippen molar-refractivity contribution in [2.45, 2.75) is 11.4 Å². The lowest BCUT2D eigenvalue weighted by Crippen LogP contribution is -2.30. The Balaban J connectivity index is 2.11. The van der Waals surface area contributed by atoms with E-state index < -0.39 is 31.5 Å². The van der Waals surface area contributed by atoms with Gasteiger partial charge in [-0.3, -0.25) is 14.4 Å². The molecule has 0 saturated carbocycles. The van der Waals surface area contributed by atoms with Gasteiger partial charge in [0.05, 0.1) is 29.3 Å². The lowest BCUT2D eigenvalue weighted by Gasteiger charge is -2.24. The van der Waals surface area contributed by atoms with Crippen molar-refractivity contribution in [1.82, 2.24) is 0 Å². The Kier molecular flexibility index (Phi) is 6.54. The van der Waals surface area contributed by atoms with Crippen molar-refractivity contribution in [1.29, 1.82) is 0 Å². The minimum absolute atomic E-state index is 0.112. The molecule has 1 aromatic heterocycles. The molecule has 0 atom stereocenters. The molecule has 0 aliphatic heterocycles. The van der Waals surface area contributed by atoms with Gasteiger partial charge in [-0.15, -0.1) is 0 Å². The van der Waals surface area contributed by atoms with Gasteiger partial charge in [-0.25, -0.2) is 13.2 Å². The van der Waals surface area contributed by atoms with Gasteiger partial charge in [0.15, 0.2) is 0 Å². The van der Waals surface area contributed by atoms with Crippen LogP contribution in [0.15, 0.2) is 63.9 Å². The van der Waals surface area contributed by atoms with Crippen molar-refractivity contribution in [3.63, 3.8) is 0 Å². The fourth-order valence-corrected chi connectivity index (χ4v) is 4.71. The average molecular weight is 485 g/mol. The van der Waals surface area contributed by atoms with Crippen molar-refractivity contribution < 1.29 is 27.3 Å². The van der Waals surface area contributed by atoms with Crippen LogP contribution in [0.4, 0.5) is 11.4 Å². The summed E-state index contributed by atoms with van der Waals surface area (Å²) in [6.45, 7) is -0.333. The van der Waals surface area contributed by atoms with Gasteiger partial charge >= 0.3 is 5.97 Å². The summed E-state index contributed by atoms with van der Waals surface area (Å²) in [5, 5.41) is 11.3. The second-order valence-electron chi connectivity index (χ2n) is 6.12. The van der Waals surface area contributed by atoms with Crippen LogP contribution >= 0.6 is 23.2 Å². The molecule has 31 heavy (non-hydrogen) atoms. The minimum Gasteiger partial charge on any atom is -0.463 e. The predicted molar refractivity (Wildman–Crippen MR) is 113 cm³/mol. The molecule has 3 aromatic rings. The number of hydrogen-bond acceptors (Lipinski definition) is 7. The van der Waals surface area contributed by atoms with Crippen molar-refractivity contribution in [3.8, 4) is 0 Å². The maximum atomic E-state index is 13.5. The van der Waals surface area contributed by atoms with E-state index in [1.807, 2.05) is 0 Å². The van der Waals surface area contributed by atoms with Gasteiger partial charge in [-0.05, 0) is 42.5 Å². The first-order chi connectivity index (χ1) is 14.6. The SMILES string of the molecule is COC(=O)c1ccc(CN(c2ccc(Cl)cc2)S(=O)(=O)c2cc([N+](=O)[O-])ccc2Cl)o1. The molecule has 2 aromatic carbocycles. The van der Waals surface area contributed by atoms with Gasteiger partial charge in [0, 0.05) is 17.2 Å². The molecular formula is C19H14Cl2N2O7S. The zero-order valence-electron chi connectivity index (χ0n) is 15.8. The molecule has 3 rings (SSSR count). The molecular weight excluding hydrogens is 471 g/mol. The van der Waals surface area contributed by atoms with Crippen LogP contribution in [-0.2, 0) is 21.3 Å². The first-order valence-corrected chi connectivity index (χ1v) is 10.7. The Hall–Kier alpha value is -3.08. The highest BCUT2D eigenvalue weighted by Gasteiger charge is 2.30. The van der Waals surface area contributed by atoms with E-state index in [9.17, 15) is 23.3 Å². The fraction of sp³-hybridized carbons (Fsp3) is 0.105. The van der Waals surface area contributed by atoms with Crippen LogP contribution in [-0.4, -0.2) is 26.4 Å². The number of halogens is 2. The van der Waals surface area contributed by atoms with E-state index in [0.29, 0.717) is 5.02 Å². The number of hydrogen-bond donors (Lipinski definition) is 0. The largest absolute Gasteiger partial charge is 0.463 e. The van der Waals surface area contributed by atoms with Crippen LogP contribution in [0.5, 0.6) is 0 Å². The van der Waals surface area contributed by atoms with Gasteiger partial charge in [0.25, 0.3) is 15.7 Å². The van der Waals surface area contributed by atoms with Gasteiger partial charge < -0.3 is 9.15 Å². The summed E-state index contributed by atoms with van der Waals surface area (Å²) < 4.78 is 37.8. The Morgan fingerprint density at radius 2 is 1.81 bits per heavy atom. The first kappa shape index (κ1) is 22.6. The molecule has 0 aliphatic carbocycles. The monoisotopic (exact) mass is 484 g/mol. The number of sulfonamides is 1. The molecule has 1 heterocycles. The van der Waals surface area contributed by atoms with Gasteiger partial charge in [-0.1, -0.05) is 23.2 Å². The smallest absolute Gasteiger partial charge is 0.373 e. The highest BCUT2D eigenvalue weighted by Crippen LogP contribution is 2.33. The van der Waals surface area contributed by atoms with Crippen LogP contribution < -0.4 is 4.31 Å². The molecule has 0 saturated heterocycles. The summed E-state index contributed by atoms with van der Waals surface area (Å²) in [4.78, 5) is 21.6. The topological polar surface area (TPSA) is 120 Å². The summed E-state index contributed by atoms with van der Waals surface area (Å²) in [5.74, 6) is -0.714. The number of nitrogens with zero attached hydrogens (tertiary/aromatic N) is 2. The van der Waals surface area contributed by atoms with Gasteiger partial charge in [0.1, 0.15) is 10.7 Å². The summed E-state index contributed by atoms with van der Waals surface area (Å²) in [6.07, 6.45) is 0. The number of furan rings is 1. The fourth-order valence-electron chi connectivity index (χ4n) is 2.66. The maximum absolute atomic E-state index is 13.5. The Morgan fingerprint density at radius 1 is 1.13 bits per heavy atom. The van der Waals surface area contributed by atoms with Gasteiger partial charge in [-0.2, -0.15) is 0 Å². The third-order valence-corrected chi connectivity index (χ3v) is 6.66. The third-order valence-electron chi connectivity index (χ3n) is 4.16. The molecule has 0 radical (unpaired) electrons. The van der Waals surface area contributed by atoms with Crippen molar-refractivity contribution in [2.24, 2.45) is 0 Å². The second kappa shape index (κ2) is 8.96. The lowest BCUT2D eigenvalue weighted by atomic mass is 10.3. The zero-order valence-corrected chi connectivity index (χ0v) is 18.1. The number of esters is 1. The van der Waals surface area contributed by atoms with Crippen molar-refractivity contribution >= 4 is 50.6 Å². The molecule has 162 valence electrons. The lowest BCUT2D eigenvalue weighted by molar-refractivity contribution is -0.385. The third kappa shape index (κ3) is 4.82. The Bertz CT molecular complexity index is 1240. The van der Waals surface area contributed by atoms with E-state index in [1.165, 1.54) is 43.5 Å². The van der Waals surface area contributed by atoms with E-state index in [0.717, 1.165) is 22.5 Å². The number of benzene rings is 2. The molecule has 0 unspecified atom stereocenters. The molecule has 0 amide bonds. The minimum atomic E-state index is -4.39. The number of carbonyl (C=O) groups is 1. The standard InChI is InChI=1S/C19H14Cl2N2O7S/c1-29-19(24)17-9-7-15(30-17)11-22(13-4-2-12(20)3-5-13)31(27,28)18-10-14(23(25)26)6-8-16(18)21/h2-10H,11H2,1H3. The zero-order chi connectivity index (χ0) is 22.8. The van der Waals surface area contributed by atoms with Crippen LogP contribution in [0.1, 0.15) is 16.3 Å². The van der Waals surface area contributed by atoms with E-state index in [-0.39, 0.29) is 28.8 Å². The van der Waals surface area contributed by atoms with Crippen LogP contribution in [0.2, 0.25) is 10.0 Å². The Morgan fingerprint density at radius 3 is 2.42 bits per heavy atom. The van der Waals surface area contributed by atoms with E-state index in [1.54, 1.807) is 0 Å². The molecule has 0 fully saturated rings. The van der Waals surface area contributed by atoms with Crippen LogP contribution in [0.3, 0.4) is 0 Å². The number of methoxy groups -OCH3 is 1.